The first-order valence-electron chi connectivity index (χ1n) is 7.08. The van der Waals surface area contributed by atoms with Gasteiger partial charge in [0.05, 0.1) is 11.4 Å². The quantitative estimate of drug-likeness (QED) is 0.685. The Kier molecular flexibility index (Phi) is 3.09. The first kappa shape index (κ1) is 12.3. The number of rotatable bonds is 6. The second-order valence-corrected chi connectivity index (χ2v) is 5.89. The summed E-state index contributed by atoms with van der Waals surface area (Å²) in [7, 11) is 0. The van der Waals surface area contributed by atoms with Gasteiger partial charge in [0.2, 0.25) is 5.91 Å². The van der Waals surface area contributed by atoms with Crippen molar-refractivity contribution in [2.45, 2.75) is 25.7 Å². The highest BCUT2D eigenvalue weighted by molar-refractivity contribution is 5.94. The molecule has 0 unspecified atom stereocenters. The standard InChI is InChI=1S/C15H21N3O/c16-13-7-11(15(17)19)5-6-14(13)18-8-12(9-1-2-9)10-3-4-10/h5-7,9-10,12,18H,1-4,8,16H2,(H2,17,19). The van der Waals surface area contributed by atoms with Gasteiger partial charge in [-0.25, -0.2) is 0 Å². The maximum Gasteiger partial charge on any atom is 0.248 e. The Bertz CT molecular complexity index is 480. The molecule has 1 amide bonds. The number of primary amides is 1. The molecule has 5 N–H and O–H groups in total. The molecule has 0 aromatic heterocycles. The summed E-state index contributed by atoms with van der Waals surface area (Å²) < 4.78 is 0. The molecule has 0 aliphatic heterocycles. The van der Waals surface area contributed by atoms with E-state index in [1.807, 2.05) is 6.07 Å². The van der Waals surface area contributed by atoms with E-state index < -0.39 is 5.91 Å². The van der Waals surface area contributed by atoms with Crippen LogP contribution < -0.4 is 16.8 Å². The van der Waals surface area contributed by atoms with E-state index in [2.05, 4.69) is 5.32 Å². The largest absolute Gasteiger partial charge is 0.397 e. The molecule has 102 valence electrons. The number of nitrogens with two attached hydrogens (primary N) is 2. The number of benzene rings is 1. The van der Waals surface area contributed by atoms with Gasteiger partial charge in [-0.2, -0.15) is 0 Å². The smallest absolute Gasteiger partial charge is 0.248 e. The van der Waals surface area contributed by atoms with Gasteiger partial charge in [-0.15, -0.1) is 0 Å². The van der Waals surface area contributed by atoms with E-state index in [1.54, 1.807) is 12.1 Å². The summed E-state index contributed by atoms with van der Waals surface area (Å²) in [4.78, 5) is 11.1. The fourth-order valence-corrected chi connectivity index (χ4v) is 2.87. The molecule has 0 heterocycles. The Labute approximate surface area is 113 Å². The van der Waals surface area contributed by atoms with Crippen LogP contribution in [0.25, 0.3) is 0 Å². The van der Waals surface area contributed by atoms with Gasteiger partial charge in [0.15, 0.2) is 0 Å². The van der Waals surface area contributed by atoms with Gasteiger partial charge in [0, 0.05) is 12.1 Å². The number of hydrogen-bond acceptors (Lipinski definition) is 3. The molecule has 2 saturated carbocycles. The molecule has 0 radical (unpaired) electrons. The maximum atomic E-state index is 11.1. The molecular weight excluding hydrogens is 238 g/mol. The van der Waals surface area contributed by atoms with Gasteiger partial charge in [-0.1, -0.05) is 0 Å². The number of nitrogen functional groups attached to an aromatic ring is 1. The van der Waals surface area contributed by atoms with Crippen molar-refractivity contribution in [3.63, 3.8) is 0 Å². The fourth-order valence-electron chi connectivity index (χ4n) is 2.87. The topological polar surface area (TPSA) is 81.1 Å². The van der Waals surface area contributed by atoms with Crippen LogP contribution in [0.2, 0.25) is 0 Å². The lowest BCUT2D eigenvalue weighted by Gasteiger charge is -2.18. The van der Waals surface area contributed by atoms with Crippen LogP contribution in [0.1, 0.15) is 36.0 Å². The molecule has 2 fully saturated rings. The lowest BCUT2D eigenvalue weighted by molar-refractivity contribution is 0.100. The lowest BCUT2D eigenvalue weighted by atomic mass is 9.98. The molecule has 0 bridgehead atoms. The van der Waals surface area contributed by atoms with E-state index in [0.29, 0.717) is 11.3 Å². The van der Waals surface area contributed by atoms with E-state index >= 15 is 0 Å². The van der Waals surface area contributed by atoms with Crippen LogP contribution in [0, 0.1) is 17.8 Å². The lowest BCUT2D eigenvalue weighted by Crippen LogP contribution is -2.19. The predicted octanol–water partition coefficient (Wildman–Crippen LogP) is 2.22. The number of anilines is 2. The zero-order chi connectivity index (χ0) is 13.4. The molecular formula is C15H21N3O. The van der Waals surface area contributed by atoms with Crippen molar-refractivity contribution in [3.8, 4) is 0 Å². The number of hydrogen-bond donors (Lipinski definition) is 3. The monoisotopic (exact) mass is 259 g/mol. The molecule has 19 heavy (non-hydrogen) atoms. The number of nitrogens with one attached hydrogen (secondary N) is 1. The van der Waals surface area contributed by atoms with E-state index in [1.165, 1.54) is 25.7 Å². The third kappa shape index (κ3) is 2.83. The number of carbonyl (C=O) groups is 1. The third-order valence-corrected chi connectivity index (χ3v) is 4.32. The van der Waals surface area contributed by atoms with Gasteiger partial charge in [0.1, 0.15) is 0 Å². The zero-order valence-corrected chi connectivity index (χ0v) is 11.1. The zero-order valence-electron chi connectivity index (χ0n) is 11.1. The Balaban J connectivity index is 1.64. The molecule has 4 heteroatoms. The van der Waals surface area contributed by atoms with Crippen molar-refractivity contribution in [2.24, 2.45) is 23.5 Å². The minimum absolute atomic E-state index is 0.438. The summed E-state index contributed by atoms with van der Waals surface area (Å²) in [5.41, 5.74) is 13.2. The van der Waals surface area contributed by atoms with Crippen LogP contribution in [0.3, 0.4) is 0 Å². The van der Waals surface area contributed by atoms with Crippen LogP contribution in [-0.2, 0) is 0 Å². The normalized spacial score (nSPS) is 18.6. The second kappa shape index (κ2) is 4.76. The fraction of sp³-hybridized carbons (Fsp3) is 0.533. The van der Waals surface area contributed by atoms with E-state index in [-0.39, 0.29) is 0 Å². The first-order valence-corrected chi connectivity index (χ1v) is 7.08. The van der Waals surface area contributed by atoms with Gasteiger partial charge < -0.3 is 16.8 Å². The highest BCUT2D eigenvalue weighted by atomic mass is 16.1. The molecule has 2 aliphatic carbocycles. The van der Waals surface area contributed by atoms with Gasteiger partial charge >= 0.3 is 0 Å². The third-order valence-electron chi connectivity index (χ3n) is 4.32. The minimum atomic E-state index is -0.438. The molecule has 0 spiro atoms. The molecule has 1 aromatic rings. The summed E-state index contributed by atoms with van der Waals surface area (Å²) in [5, 5.41) is 3.44. The van der Waals surface area contributed by atoms with Crippen LogP contribution in [0.15, 0.2) is 18.2 Å². The molecule has 4 nitrogen and oxygen atoms in total. The maximum absolute atomic E-state index is 11.1. The summed E-state index contributed by atoms with van der Waals surface area (Å²) in [6.45, 7) is 0.995. The summed E-state index contributed by atoms with van der Waals surface area (Å²) in [5.74, 6) is 2.21. The average Bonchev–Trinajstić information content (AvgIpc) is 3.25. The minimum Gasteiger partial charge on any atom is -0.397 e. The highest BCUT2D eigenvalue weighted by Gasteiger charge is 2.40. The van der Waals surface area contributed by atoms with Crippen LogP contribution in [-0.4, -0.2) is 12.5 Å². The van der Waals surface area contributed by atoms with Crippen LogP contribution in [0.5, 0.6) is 0 Å². The number of carbonyl (C=O) groups excluding carboxylic acids is 1. The van der Waals surface area contributed by atoms with Crippen LogP contribution >= 0.6 is 0 Å². The van der Waals surface area contributed by atoms with Crippen molar-refractivity contribution < 1.29 is 4.79 Å². The molecule has 1 aromatic carbocycles. The first-order chi connectivity index (χ1) is 9.15. The number of amides is 1. The SMILES string of the molecule is NC(=O)c1ccc(NCC(C2CC2)C2CC2)c(N)c1. The van der Waals surface area contributed by atoms with Crippen molar-refractivity contribution in [3.05, 3.63) is 23.8 Å². The summed E-state index contributed by atoms with van der Waals surface area (Å²) in [6, 6.07) is 5.23. The molecule has 0 atom stereocenters. The Morgan fingerprint density at radius 1 is 1.26 bits per heavy atom. The van der Waals surface area contributed by atoms with Gasteiger partial charge in [-0.3, -0.25) is 4.79 Å². The molecule has 3 rings (SSSR count). The van der Waals surface area contributed by atoms with E-state index in [0.717, 1.165) is 30.0 Å². The van der Waals surface area contributed by atoms with Crippen molar-refractivity contribution in [1.29, 1.82) is 0 Å². The Morgan fingerprint density at radius 2 is 1.89 bits per heavy atom. The summed E-state index contributed by atoms with van der Waals surface area (Å²) in [6.07, 6.45) is 5.55. The van der Waals surface area contributed by atoms with Gasteiger partial charge in [-0.05, 0) is 61.6 Å². The van der Waals surface area contributed by atoms with E-state index in [9.17, 15) is 4.79 Å². The Morgan fingerprint density at radius 3 is 2.37 bits per heavy atom. The van der Waals surface area contributed by atoms with Crippen molar-refractivity contribution >= 4 is 17.3 Å². The highest BCUT2D eigenvalue weighted by Crippen LogP contribution is 2.49. The van der Waals surface area contributed by atoms with E-state index in [4.69, 9.17) is 11.5 Å². The molecule has 2 aliphatic rings. The van der Waals surface area contributed by atoms with Crippen molar-refractivity contribution in [2.75, 3.05) is 17.6 Å². The Hall–Kier alpha value is -1.71. The summed E-state index contributed by atoms with van der Waals surface area (Å²) >= 11 is 0. The average molecular weight is 259 g/mol. The van der Waals surface area contributed by atoms with Crippen molar-refractivity contribution in [1.82, 2.24) is 0 Å². The second-order valence-electron chi connectivity index (χ2n) is 5.89. The molecule has 0 saturated heterocycles. The van der Waals surface area contributed by atoms with Crippen LogP contribution in [0.4, 0.5) is 11.4 Å². The van der Waals surface area contributed by atoms with Gasteiger partial charge in [0.25, 0.3) is 0 Å². The predicted molar refractivity (Wildman–Crippen MR) is 76.8 cm³/mol.